The van der Waals surface area contributed by atoms with E-state index in [0.29, 0.717) is 24.2 Å². The fourth-order valence-electron chi connectivity index (χ4n) is 4.08. The van der Waals surface area contributed by atoms with E-state index in [1.807, 2.05) is 12.3 Å². The van der Waals surface area contributed by atoms with E-state index in [1.54, 1.807) is 11.1 Å². The molecule has 130 valence electrons. The van der Waals surface area contributed by atoms with Gasteiger partial charge in [0.05, 0.1) is 11.3 Å². The van der Waals surface area contributed by atoms with Crippen LogP contribution in [0, 0.1) is 12.5 Å². The third-order valence-electron chi connectivity index (χ3n) is 5.44. The molecule has 1 aliphatic carbocycles. The van der Waals surface area contributed by atoms with Gasteiger partial charge >= 0.3 is 0 Å². The van der Waals surface area contributed by atoms with Crippen LogP contribution >= 0.6 is 0 Å². The second-order valence-corrected chi connectivity index (χ2v) is 6.87. The molecule has 7 heteroatoms. The van der Waals surface area contributed by atoms with Gasteiger partial charge in [0, 0.05) is 30.4 Å². The molecule has 1 fully saturated rings. The van der Waals surface area contributed by atoms with E-state index in [-0.39, 0.29) is 19.2 Å². The molecular weight excluding hydrogens is 318 g/mol. The molecule has 2 aromatic heterocycles. The Morgan fingerprint density at radius 1 is 1.36 bits per heavy atom. The monoisotopic (exact) mass is 339 g/mol. The van der Waals surface area contributed by atoms with Gasteiger partial charge in [-0.2, -0.15) is 0 Å². The number of amides is 1. The van der Waals surface area contributed by atoms with Gasteiger partial charge in [-0.05, 0) is 37.7 Å². The molecule has 7 nitrogen and oxygen atoms in total. The summed E-state index contributed by atoms with van der Waals surface area (Å²) in [5.41, 5.74) is 2.29. The first-order valence-electron chi connectivity index (χ1n) is 8.69. The summed E-state index contributed by atoms with van der Waals surface area (Å²) in [6, 6.07) is 2.27. The first kappa shape index (κ1) is 15.9. The molecule has 1 saturated carbocycles. The Kier molecular flexibility index (Phi) is 4.06. The Morgan fingerprint density at radius 2 is 2.16 bits per heavy atom. The lowest BCUT2D eigenvalue weighted by Crippen LogP contribution is -2.51. The summed E-state index contributed by atoms with van der Waals surface area (Å²) in [6.07, 6.45) is 7.42. The average Bonchev–Trinajstić information content (AvgIpc) is 3.13. The van der Waals surface area contributed by atoms with Crippen LogP contribution in [-0.2, 0) is 0 Å². The number of hydrogen-bond donors (Lipinski definition) is 2. The summed E-state index contributed by atoms with van der Waals surface area (Å²) in [6.45, 7) is 7.89. The van der Waals surface area contributed by atoms with Crippen LogP contribution in [0.25, 0.3) is 15.9 Å². The Labute approximate surface area is 146 Å². The molecule has 0 atom stereocenters. The van der Waals surface area contributed by atoms with Crippen molar-refractivity contribution in [3.63, 3.8) is 0 Å². The topological polar surface area (TPSA) is 76.8 Å². The third kappa shape index (κ3) is 2.63. The van der Waals surface area contributed by atoms with Crippen molar-refractivity contribution in [2.24, 2.45) is 5.92 Å². The number of fused-ring (bicyclic) bond motifs is 3. The van der Waals surface area contributed by atoms with Crippen LogP contribution in [0.5, 0.6) is 0 Å². The highest BCUT2D eigenvalue weighted by Gasteiger charge is 2.37. The van der Waals surface area contributed by atoms with Gasteiger partial charge in [-0.25, -0.2) is 11.6 Å². The lowest BCUT2D eigenvalue weighted by atomic mass is 9.85. The standard InChI is InChI=1S/C18H21N5O2/c1-19-10-22-11-23(13-4-2-12(9-24)3-5-13)16-14-6-7-20-17(14)21-8-15(16)18(22)25/h6-8,12-13,24H,2-5,9-11H2,(H,20,21). The molecule has 0 aromatic carbocycles. The van der Waals surface area contributed by atoms with Crippen LogP contribution in [0.4, 0.5) is 5.69 Å². The number of rotatable bonds is 3. The fraction of sp³-hybridized carbons (Fsp3) is 0.500. The summed E-state index contributed by atoms with van der Waals surface area (Å²) in [5, 5.41) is 10.3. The fourth-order valence-corrected chi connectivity index (χ4v) is 4.08. The Morgan fingerprint density at radius 3 is 2.88 bits per heavy atom. The highest BCUT2D eigenvalue weighted by molar-refractivity contribution is 6.08. The minimum atomic E-state index is -0.123. The van der Waals surface area contributed by atoms with Crippen LogP contribution in [0.15, 0.2) is 18.5 Å². The largest absolute Gasteiger partial charge is 0.396 e. The molecular formula is C18H21N5O2. The Hall–Kier alpha value is -2.59. The van der Waals surface area contributed by atoms with Gasteiger partial charge in [0.15, 0.2) is 0 Å². The SMILES string of the molecule is [C-]#[N+]CN1CN(C2CCC(CO)CC2)c2c(cnc3[nH]ccc23)C1=O. The quantitative estimate of drug-likeness (QED) is 0.841. The number of aliphatic hydroxyl groups excluding tert-OH is 1. The van der Waals surface area contributed by atoms with Crippen LogP contribution in [-0.4, -0.2) is 51.9 Å². The molecule has 2 aliphatic rings. The molecule has 2 aromatic rings. The number of aromatic nitrogens is 2. The smallest absolute Gasteiger partial charge is 0.293 e. The van der Waals surface area contributed by atoms with Gasteiger partial charge in [-0.1, -0.05) is 0 Å². The Balaban J connectivity index is 1.76. The van der Waals surface area contributed by atoms with Crippen LogP contribution < -0.4 is 4.90 Å². The zero-order valence-corrected chi connectivity index (χ0v) is 14.0. The predicted octanol–water partition coefficient (Wildman–Crippen LogP) is 2.21. The van der Waals surface area contributed by atoms with Gasteiger partial charge in [0.1, 0.15) is 12.3 Å². The molecule has 0 spiro atoms. The van der Waals surface area contributed by atoms with Gasteiger partial charge in [0.2, 0.25) is 0 Å². The normalized spacial score (nSPS) is 23.6. The number of aromatic amines is 1. The minimum Gasteiger partial charge on any atom is -0.396 e. The van der Waals surface area contributed by atoms with Gasteiger partial charge < -0.3 is 15.0 Å². The number of nitrogens with zero attached hydrogens (tertiary/aromatic N) is 4. The predicted molar refractivity (Wildman–Crippen MR) is 93.9 cm³/mol. The van der Waals surface area contributed by atoms with E-state index in [4.69, 9.17) is 6.57 Å². The van der Waals surface area contributed by atoms with Crippen LogP contribution in [0.1, 0.15) is 36.0 Å². The van der Waals surface area contributed by atoms with Crippen molar-refractivity contribution in [3.8, 4) is 0 Å². The molecule has 4 rings (SSSR count). The van der Waals surface area contributed by atoms with Crippen molar-refractivity contribution in [1.29, 1.82) is 0 Å². The van der Waals surface area contributed by atoms with Crippen molar-refractivity contribution >= 4 is 22.6 Å². The van der Waals surface area contributed by atoms with E-state index in [1.165, 1.54) is 0 Å². The highest BCUT2D eigenvalue weighted by atomic mass is 16.3. The number of hydrogen-bond acceptors (Lipinski definition) is 4. The van der Waals surface area contributed by atoms with Gasteiger partial charge in [-0.3, -0.25) is 14.5 Å². The van der Waals surface area contributed by atoms with E-state index < -0.39 is 0 Å². The number of carbonyl (C=O) groups excluding carboxylic acids is 1. The molecule has 3 heterocycles. The minimum absolute atomic E-state index is 0.0614. The number of nitrogens with one attached hydrogen (secondary N) is 1. The zero-order chi connectivity index (χ0) is 17.4. The van der Waals surface area contributed by atoms with E-state index in [9.17, 15) is 9.90 Å². The third-order valence-corrected chi connectivity index (χ3v) is 5.44. The van der Waals surface area contributed by atoms with Crippen molar-refractivity contribution in [3.05, 3.63) is 35.4 Å². The number of pyridine rings is 1. The molecule has 0 bridgehead atoms. The second kappa shape index (κ2) is 6.37. The van der Waals surface area contributed by atoms with E-state index in [2.05, 4.69) is 19.7 Å². The lowest BCUT2D eigenvalue weighted by molar-refractivity contribution is 0.0749. The summed E-state index contributed by atoms with van der Waals surface area (Å²) < 4.78 is 0. The maximum absolute atomic E-state index is 12.8. The number of anilines is 1. The maximum Gasteiger partial charge on any atom is 0.293 e. The molecule has 0 saturated heterocycles. The number of aliphatic hydroxyl groups is 1. The summed E-state index contributed by atoms with van der Waals surface area (Å²) in [7, 11) is 0. The number of carbonyl (C=O) groups is 1. The Bertz CT molecular complexity index is 832. The first-order chi connectivity index (χ1) is 12.2. The molecule has 0 radical (unpaired) electrons. The van der Waals surface area contributed by atoms with Crippen molar-refractivity contribution in [2.45, 2.75) is 31.7 Å². The maximum atomic E-state index is 12.8. The molecule has 1 amide bonds. The van der Waals surface area contributed by atoms with E-state index >= 15 is 0 Å². The highest BCUT2D eigenvalue weighted by Crippen LogP contribution is 2.38. The molecule has 25 heavy (non-hydrogen) atoms. The van der Waals surface area contributed by atoms with Crippen molar-refractivity contribution in [1.82, 2.24) is 14.9 Å². The average molecular weight is 339 g/mol. The second-order valence-electron chi connectivity index (χ2n) is 6.87. The number of H-pyrrole nitrogens is 1. The summed E-state index contributed by atoms with van der Waals surface area (Å²) in [4.78, 5) is 27.5. The first-order valence-corrected chi connectivity index (χ1v) is 8.69. The van der Waals surface area contributed by atoms with Crippen molar-refractivity contribution in [2.75, 3.05) is 24.8 Å². The lowest BCUT2D eigenvalue weighted by Gasteiger charge is -2.43. The van der Waals surface area contributed by atoms with Crippen molar-refractivity contribution < 1.29 is 9.90 Å². The van der Waals surface area contributed by atoms with Gasteiger partial charge in [-0.15, -0.1) is 0 Å². The molecule has 0 unspecified atom stereocenters. The zero-order valence-electron chi connectivity index (χ0n) is 14.0. The molecule has 2 N–H and O–H groups in total. The van der Waals surface area contributed by atoms with Crippen LogP contribution in [0.2, 0.25) is 0 Å². The van der Waals surface area contributed by atoms with Gasteiger partial charge in [0.25, 0.3) is 12.6 Å². The summed E-state index contributed by atoms with van der Waals surface area (Å²) >= 11 is 0. The summed E-state index contributed by atoms with van der Waals surface area (Å²) in [5.74, 6) is 0.257. The van der Waals surface area contributed by atoms with Crippen LogP contribution in [0.3, 0.4) is 0 Å². The molecule has 1 aliphatic heterocycles. The van der Waals surface area contributed by atoms with E-state index in [0.717, 1.165) is 42.4 Å².